The minimum Gasteiger partial charge on any atom is -0.0626 e. The zero-order valence-corrected chi connectivity index (χ0v) is 14.3. The van der Waals surface area contributed by atoms with E-state index < -0.39 is 8.07 Å². The van der Waals surface area contributed by atoms with Crippen LogP contribution in [0.5, 0.6) is 0 Å². The summed E-state index contributed by atoms with van der Waals surface area (Å²) < 4.78 is 0. The van der Waals surface area contributed by atoms with Gasteiger partial charge in [0.25, 0.3) is 0 Å². The SMILES string of the molecule is Cc1ccc(C[Si](C)(c2ccccc2)c2ccccc2)cc1. The molecule has 0 radical (unpaired) electrons. The molecule has 0 aliphatic carbocycles. The Bertz CT molecular complexity index is 675. The fourth-order valence-corrected chi connectivity index (χ4v) is 6.75. The van der Waals surface area contributed by atoms with Gasteiger partial charge in [-0.05, 0) is 13.0 Å². The van der Waals surface area contributed by atoms with Crippen molar-refractivity contribution in [3.05, 3.63) is 96.1 Å². The van der Waals surface area contributed by atoms with Crippen LogP contribution in [0.2, 0.25) is 6.55 Å². The van der Waals surface area contributed by atoms with Gasteiger partial charge in [-0.15, -0.1) is 0 Å². The van der Waals surface area contributed by atoms with Crippen molar-refractivity contribution in [3.63, 3.8) is 0 Å². The van der Waals surface area contributed by atoms with Gasteiger partial charge in [-0.2, -0.15) is 0 Å². The number of rotatable bonds is 4. The highest BCUT2D eigenvalue weighted by molar-refractivity contribution is 7.00. The molecule has 3 rings (SSSR count). The quantitative estimate of drug-likeness (QED) is 0.640. The number of benzene rings is 3. The molecule has 0 heterocycles. The summed E-state index contributed by atoms with van der Waals surface area (Å²) in [5, 5.41) is 3.00. The van der Waals surface area contributed by atoms with Crippen molar-refractivity contribution >= 4 is 18.4 Å². The predicted octanol–water partition coefficient (Wildman–Crippen LogP) is 3.97. The maximum absolute atomic E-state index is 2.48. The molecule has 110 valence electrons. The second-order valence-corrected chi connectivity index (χ2v) is 10.4. The highest BCUT2D eigenvalue weighted by Gasteiger charge is 2.31. The fraction of sp³-hybridized carbons (Fsp3) is 0.143. The fourth-order valence-electron chi connectivity index (χ4n) is 3.10. The van der Waals surface area contributed by atoms with Crippen molar-refractivity contribution < 1.29 is 0 Å². The summed E-state index contributed by atoms with van der Waals surface area (Å²) in [5.41, 5.74) is 2.76. The summed E-state index contributed by atoms with van der Waals surface area (Å²) >= 11 is 0. The third-order valence-corrected chi connectivity index (χ3v) is 8.83. The summed E-state index contributed by atoms with van der Waals surface area (Å²) in [5.74, 6) is 0. The van der Waals surface area contributed by atoms with Gasteiger partial charge in [0.1, 0.15) is 8.07 Å². The molecule has 22 heavy (non-hydrogen) atoms. The van der Waals surface area contributed by atoms with Crippen molar-refractivity contribution in [1.82, 2.24) is 0 Å². The molecule has 0 bridgehead atoms. The lowest BCUT2D eigenvalue weighted by atomic mass is 10.2. The van der Waals surface area contributed by atoms with Crippen LogP contribution in [0.1, 0.15) is 11.1 Å². The molecule has 0 atom stereocenters. The Hall–Kier alpha value is -2.12. The summed E-state index contributed by atoms with van der Waals surface area (Å²) in [6.07, 6.45) is 0. The molecule has 0 unspecified atom stereocenters. The molecular formula is C21H22Si. The Morgan fingerprint density at radius 1 is 0.636 bits per heavy atom. The molecular weight excluding hydrogens is 280 g/mol. The van der Waals surface area contributed by atoms with E-state index in [-0.39, 0.29) is 0 Å². The lowest BCUT2D eigenvalue weighted by molar-refractivity contribution is 1.31. The van der Waals surface area contributed by atoms with Crippen LogP contribution in [-0.4, -0.2) is 8.07 Å². The molecule has 0 aliphatic heterocycles. The minimum absolute atomic E-state index is 1.14. The molecule has 3 aromatic carbocycles. The Morgan fingerprint density at radius 3 is 1.55 bits per heavy atom. The molecule has 0 fully saturated rings. The van der Waals surface area contributed by atoms with Crippen molar-refractivity contribution in [2.45, 2.75) is 19.5 Å². The summed E-state index contributed by atoms with van der Waals surface area (Å²) in [6.45, 7) is 4.63. The zero-order chi connectivity index (χ0) is 15.4. The van der Waals surface area contributed by atoms with Crippen molar-refractivity contribution in [1.29, 1.82) is 0 Å². The summed E-state index contributed by atoms with van der Waals surface area (Å²) in [6, 6.07) is 32.2. The van der Waals surface area contributed by atoms with Gasteiger partial charge in [-0.25, -0.2) is 0 Å². The lowest BCUT2D eigenvalue weighted by Gasteiger charge is -2.29. The van der Waals surface area contributed by atoms with Crippen molar-refractivity contribution in [2.75, 3.05) is 0 Å². The predicted molar refractivity (Wildman–Crippen MR) is 98.7 cm³/mol. The van der Waals surface area contributed by atoms with Crippen LogP contribution in [0.4, 0.5) is 0 Å². The Kier molecular flexibility index (Phi) is 4.26. The third kappa shape index (κ3) is 3.05. The van der Waals surface area contributed by atoms with Crippen LogP contribution in [0.3, 0.4) is 0 Å². The van der Waals surface area contributed by atoms with Gasteiger partial charge in [0.05, 0.1) is 0 Å². The standard InChI is InChI=1S/C21H22Si/c1-18-13-15-19(16-14-18)17-22(2,20-9-5-3-6-10-20)21-11-7-4-8-12-21/h3-16H,17H2,1-2H3. The molecule has 3 aromatic rings. The molecule has 1 heteroatoms. The largest absolute Gasteiger partial charge is 0.119 e. The average Bonchev–Trinajstić information content (AvgIpc) is 2.58. The number of aryl methyl sites for hydroxylation is 1. The van der Waals surface area contributed by atoms with E-state index in [9.17, 15) is 0 Å². The summed E-state index contributed by atoms with van der Waals surface area (Å²) in [7, 11) is -1.76. The monoisotopic (exact) mass is 302 g/mol. The molecule has 0 amide bonds. The van der Waals surface area contributed by atoms with Crippen molar-refractivity contribution in [3.8, 4) is 0 Å². The second kappa shape index (κ2) is 6.33. The van der Waals surface area contributed by atoms with E-state index in [2.05, 4.69) is 98.4 Å². The molecule has 0 aromatic heterocycles. The highest BCUT2D eigenvalue weighted by Crippen LogP contribution is 2.14. The second-order valence-electron chi connectivity index (χ2n) is 6.23. The van der Waals surface area contributed by atoms with Gasteiger partial charge >= 0.3 is 0 Å². The third-order valence-electron chi connectivity index (χ3n) is 4.50. The van der Waals surface area contributed by atoms with E-state index in [1.807, 2.05) is 0 Å². The van der Waals surface area contributed by atoms with E-state index in [1.54, 1.807) is 0 Å². The van der Waals surface area contributed by atoms with E-state index in [0.29, 0.717) is 0 Å². The van der Waals surface area contributed by atoms with Gasteiger partial charge in [0.15, 0.2) is 0 Å². The van der Waals surface area contributed by atoms with Gasteiger partial charge in [0, 0.05) is 0 Å². The molecule has 0 nitrogen and oxygen atoms in total. The molecule has 0 N–H and O–H groups in total. The van der Waals surface area contributed by atoms with Crippen molar-refractivity contribution in [2.24, 2.45) is 0 Å². The first-order valence-electron chi connectivity index (χ1n) is 7.85. The van der Waals surface area contributed by atoms with E-state index in [0.717, 1.165) is 6.04 Å². The van der Waals surface area contributed by atoms with E-state index in [1.165, 1.54) is 21.5 Å². The Morgan fingerprint density at radius 2 is 1.09 bits per heavy atom. The zero-order valence-electron chi connectivity index (χ0n) is 13.3. The first-order chi connectivity index (χ1) is 10.7. The van der Waals surface area contributed by atoms with Crippen LogP contribution >= 0.6 is 0 Å². The minimum atomic E-state index is -1.76. The normalized spacial score (nSPS) is 11.4. The van der Waals surface area contributed by atoms with Gasteiger partial charge in [-0.3, -0.25) is 0 Å². The van der Waals surface area contributed by atoms with Crippen LogP contribution in [0, 0.1) is 6.92 Å². The van der Waals surface area contributed by atoms with Crippen LogP contribution < -0.4 is 10.4 Å². The lowest BCUT2D eigenvalue weighted by Crippen LogP contribution is -2.57. The van der Waals surface area contributed by atoms with Crippen LogP contribution in [-0.2, 0) is 6.04 Å². The molecule has 0 saturated heterocycles. The number of hydrogen-bond acceptors (Lipinski definition) is 0. The van der Waals surface area contributed by atoms with Crippen LogP contribution in [0.15, 0.2) is 84.9 Å². The maximum atomic E-state index is 2.48. The van der Waals surface area contributed by atoms with Gasteiger partial charge in [0.2, 0.25) is 0 Å². The topological polar surface area (TPSA) is 0 Å². The molecule has 0 saturated carbocycles. The highest BCUT2D eigenvalue weighted by atomic mass is 28.3. The molecule has 0 aliphatic rings. The first kappa shape index (κ1) is 14.8. The van der Waals surface area contributed by atoms with E-state index >= 15 is 0 Å². The average molecular weight is 302 g/mol. The smallest absolute Gasteiger partial charge is 0.0626 e. The Labute approximate surface area is 134 Å². The van der Waals surface area contributed by atoms with Gasteiger partial charge in [-0.1, -0.05) is 113 Å². The number of hydrogen-bond donors (Lipinski definition) is 0. The van der Waals surface area contributed by atoms with Crippen LogP contribution in [0.25, 0.3) is 0 Å². The summed E-state index contributed by atoms with van der Waals surface area (Å²) in [4.78, 5) is 0. The maximum Gasteiger partial charge on any atom is 0.119 e. The Balaban J connectivity index is 2.05. The first-order valence-corrected chi connectivity index (χ1v) is 10.6. The van der Waals surface area contributed by atoms with E-state index in [4.69, 9.17) is 0 Å². The van der Waals surface area contributed by atoms with Gasteiger partial charge < -0.3 is 0 Å². The molecule has 0 spiro atoms.